The second-order valence-corrected chi connectivity index (χ2v) is 10.5. The van der Waals surface area contributed by atoms with Crippen molar-refractivity contribution in [2.45, 2.75) is 25.0 Å². The molecule has 6 nitrogen and oxygen atoms in total. The molecule has 35 heavy (non-hydrogen) atoms. The second kappa shape index (κ2) is 10.9. The van der Waals surface area contributed by atoms with E-state index in [0.717, 1.165) is 49.4 Å². The smallest absolute Gasteiger partial charge is 0.235 e. The van der Waals surface area contributed by atoms with Crippen molar-refractivity contribution in [3.63, 3.8) is 0 Å². The van der Waals surface area contributed by atoms with Gasteiger partial charge in [-0.2, -0.15) is 5.10 Å². The van der Waals surface area contributed by atoms with Crippen LogP contribution in [0.5, 0.6) is 0 Å². The molecule has 1 aliphatic rings. The van der Waals surface area contributed by atoms with Crippen molar-refractivity contribution in [1.82, 2.24) is 19.2 Å². The zero-order valence-corrected chi connectivity index (χ0v) is 20.5. The second-order valence-electron chi connectivity index (χ2n) is 9.07. The molecular formula is C28H30N4O2S. The topological polar surface area (TPSA) is 60.1 Å². The van der Waals surface area contributed by atoms with Crippen LogP contribution in [0, 0.1) is 5.92 Å². The van der Waals surface area contributed by atoms with Crippen LogP contribution in [0.25, 0.3) is 11.5 Å². The highest BCUT2D eigenvalue weighted by Crippen LogP contribution is 2.23. The molecule has 0 radical (unpaired) electrons. The molecular weight excluding hydrogens is 456 g/mol. The minimum Gasteiger partial charge on any atom is -0.342 e. The van der Waals surface area contributed by atoms with Gasteiger partial charge in [-0.25, -0.2) is 4.68 Å². The maximum Gasteiger partial charge on any atom is 0.235 e. The third-order valence-corrected chi connectivity index (χ3v) is 7.80. The van der Waals surface area contributed by atoms with Gasteiger partial charge in [-0.3, -0.25) is 9.00 Å². The number of nitrogens with zero attached hydrogens (tertiary/aromatic N) is 4. The highest BCUT2D eigenvalue weighted by molar-refractivity contribution is 7.84. The zero-order chi connectivity index (χ0) is 24.0. The first-order valence-corrected chi connectivity index (χ1v) is 13.6. The number of carbonyl (C=O) groups excluding carboxylic acids is 1. The van der Waals surface area contributed by atoms with E-state index in [1.807, 2.05) is 75.1 Å². The molecule has 1 amide bonds. The summed E-state index contributed by atoms with van der Waals surface area (Å²) >= 11 is 0. The molecule has 1 fully saturated rings. The summed E-state index contributed by atoms with van der Waals surface area (Å²) in [5, 5.41) is 4.57. The molecule has 7 heteroatoms. The summed E-state index contributed by atoms with van der Waals surface area (Å²) < 4.78 is 16.9. The van der Waals surface area contributed by atoms with Gasteiger partial charge in [-0.1, -0.05) is 48.5 Å². The van der Waals surface area contributed by atoms with Gasteiger partial charge in [0.15, 0.2) is 0 Å². The summed E-state index contributed by atoms with van der Waals surface area (Å²) in [7, 11) is -1.32. The van der Waals surface area contributed by atoms with Crippen LogP contribution < -0.4 is 0 Å². The van der Waals surface area contributed by atoms with Crippen molar-refractivity contribution in [1.29, 1.82) is 0 Å². The maximum atomic E-state index is 13.1. The number of carbonyl (C=O) groups is 1. The standard InChI is InChI=1S/C28H30N4O2S/c33-27(30-17-13-24(14-18-30)19-23-9-3-1-4-10-23)22-35(34)21-25-20-29-32(26-11-5-2-6-12-26)28(25)31-15-7-8-16-31/h1-12,15-16,20,24H,13-14,17-19,21-22H2. The van der Waals surface area contributed by atoms with Crippen LogP contribution in [0.2, 0.25) is 0 Å². The van der Waals surface area contributed by atoms with E-state index >= 15 is 0 Å². The summed E-state index contributed by atoms with van der Waals surface area (Å²) in [6.45, 7) is 1.49. The molecule has 3 heterocycles. The molecule has 4 aromatic rings. The average Bonchev–Trinajstić information content (AvgIpc) is 3.55. The third kappa shape index (κ3) is 5.62. The Kier molecular flexibility index (Phi) is 7.23. The molecule has 0 bridgehead atoms. The van der Waals surface area contributed by atoms with Gasteiger partial charge in [0.25, 0.3) is 0 Å². The Balaban J connectivity index is 1.21. The molecule has 1 atom stereocenters. The monoisotopic (exact) mass is 486 g/mol. The van der Waals surface area contributed by atoms with Crippen molar-refractivity contribution < 1.29 is 9.00 Å². The fourth-order valence-corrected chi connectivity index (χ4v) is 5.88. The Bertz CT molecular complexity index is 1260. The molecule has 0 N–H and O–H groups in total. The number of hydrogen-bond acceptors (Lipinski definition) is 3. The van der Waals surface area contributed by atoms with E-state index in [2.05, 4.69) is 29.4 Å². The van der Waals surface area contributed by atoms with Crippen molar-refractivity contribution in [3.05, 3.63) is 103 Å². The zero-order valence-electron chi connectivity index (χ0n) is 19.7. The van der Waals surface area contributed by atoms with Gasteiger partial charge in [0.2, 0.25) is 5.91 Å². The normalized spacial score (nSPS) is 15.3. The van der Waals surface area contributed by atoms with E-state index < -0.39 is 10.8 Å². The van der Waals surface area contributed by atoms with Gasteiger partial charge >= 0.3 is 0 Å². The van der Waals surface area contributed by atoms with E-state index in [0.29, 0.717) is 5.92 Å². The predicted octanol–water partition coefficient (Wildman–Crippen LogP) is 4.39. The maximum absolute atomic E-state index is 13.1. The lowest BCUT2D eigenvalue weighted by molar-refractivity contribution is -0.129. The van der Waals surface area contributed by atoms with Crippen LogP contribution in [0.4, 0.5) is 0 Å². The van der Waals surface area contributed by atoms with Crippen molar-refractivity contribution >= 4 is 16.7 Å². The number of hydrogen-bond donors (Lipinski definition) is 0. The first kappa shape index (κ1) is 23.3. The molecule has 2 aromatic carbocycles. The molecule has 1 saturated heterocycles. The minimum absolute atomic E-state index is 0.0144. The van der Waals surface area contributed by atoms with Crippen LogP contribution in [-0.2, 0) is 27.8 Å². The quantitative estimate of drug-likeness (QED) is 0.371. The Hall–Kier alpha value is -3.45. The lowest BCUT2D eigenvalue weighted by atomic mass is 9.90. The molecule has 1 aliphatic heterocycles. The van der Waals surface area contributed by atoms with Gasteiger partial charge in [0.1, 0.15) is 11.6 Å². The first-order valence-electron chi connectivity index (χ1n) is 12.1. The summed E-state index contributed by atoms with van der Waals surface area (Å²) in [6, 6.07) is 24.3. The summed E-state index contributed by atoms with van der Waals surface area (Å²) in [5.74, 6) is 1.77. The fourth-order valence-electron chi connectivity index (χ4n) is 4.77. The Morgan fingerprint density at radius 1 is 0.914 bits per heavy atom. The first-order chi connectivity index (χ1) is 17.2. The number of piperidine rings is 1. The number of aromatic nitrogens is 3. The number of rotatable bonds is 8. The molecule has 0 aliphatic carbocycles. The predicted molar refractivity (Wildman–Crippen MR) is 139 cm³/mol. The number of amides is 1. The van der Waals surface area contributed by atoms with Crippen LogP contribution in [0.1, 0.15) is 24.0 Å². The molecule has 0 spiro atoms. The summed E-state index contributed by atoms with van der Waals surface area (Å²) in [4.78, 5) is 14.8. The number of para-hydroxylation sites is 1. The van der Waals surface area contributed by atoms with Gasteiger partial charge in [0, 0.05) is 41.8 Å². The van der Waals surface area contributed by atoms with Gasteiger partial charge in [-0.15, -0.1) is 0 Å². The van der Waals surface area contributed by atoms with Gasteiger partial charge < -0.3 is 9.47 Å². The molecule has 5 rings (SSSR count). The lowest BCUT2D eigenvalue weighted by Crippen LogP contribution is -2.41. The van der Waals surface area contributed by atoms with E-state index in [1.165, 1.54) is 5.56 Å². The van der Waals surface area contributed by atoms with E-state index in [1.54, 1.807) is 6.20 Å². The molecule has 2 aromatic heterocycles. The van der Waals surface area contributed by atoms with E-state index in [4.69, 9.17) is 0 Å². The molecule has 0 saturated carbocycles. The Morgan fingerprint density at radius 2 is 1.57 bits per heavy atom. The van der Waals surface area contributed by atoms with Crippen molar-refractivity contribution in [2.75, 3.05) is 18.8 Å². The van der Waals surface area contributed by atoms with Gasteiger partial charge in [-0.05, 0) is 55.0 Å². The third-order valence-electron chi connectivity index (χ3n) is 6.60. The van der Waals surface area contributed by atoms with Gasteiger partial charge in [0.05, 0.1) is 17.6 Å². The van der Waals surface area contributed by atoms with E-state index in [9.17, 15) is 9.00 Å². The van der Waals surface area contributed by atoms with Crippen molar-refractivity contribution in [2.24, 2.45) is 5.92 Å². The average molecular weight is 487 g/mol. The summed E-state index contributed by atoms with van der Waals surface area (Å²) in [5.41, 5.74) is 3.15. The Labute approximate surface area is 208 Å². The van der Waals surface area contributed by atoms with Crippen LogP contribution in [0.15, 0.2) is 91.4 Å². The van der Waals surface area contributed by atoms with E-state index in [-0.39, 0.29) is 17.4 Å². The largest absolute Gasteiger partial charge is 0.342 e. The SMILES string of the molecule is O=C(CS(=O)Cc1cnn(-c2ccccc2)c1-n1cccc1)N1CCC(Cc2ccccc2)CC1. The van der Waals surface area contributed by atoms with Crippen LogP contribution in [0.3, 0.4) is 0 Å². The molecule has 1 unspecified atom stereocenters. The fraction of sp³-hybridized carbons (Fsp3) is 0.286. The number of benzene rings is 2. The number of likely N-dealkylation sites (tertiary alicyclic amines) is 1. The van der Waals surface area contributed by atoms with Crippen molar-refractivity contribution in [3.8, 4) is 11.5 Å². The Morgan fingerprint density at radius 3 is 2.26 bits per heavy atom. The van der Waals surface area contributed by atoms with Crippen LogP contribution in [-0.4, -0.2) is 48.2 Å². The minimum atomic E-state index is -1.32. The summed E-state index contributed by atoms with van der Waals surface area (Å²) in [6.07, 6.45) is 8.72. The molecule has 180 valence electrons. The highest BCUT2D eigenvalue weighted by atomic mass is 32.2. The highest BCUT2D eigenvalue weighted by Gasteiger charge is 2.25. The lowest BCUT2D eigenvalue weighted by Gasteiger charge is -2.32. The van der Waals surface area contributed by atoms with Crippen LogP contribution >= 0.6 is 0 Å².